The van der Waals surface area contributed by atoms with Crippen LogP contribution in [0.4, 0.5) is 5.69 Å². The van der Waals surface area contributed by atoms with Crippen LogP contribution in [0.15, 0.2) is 48.5 Å². The van der Waals surface area contributed by atoms with Gasteiger partial charge in [0.05, 0.1) is 11.2 Å². The van der Waals surface area contributed by atoms with Gasteiger partial charge in [0, 0.05) is 16.8 Å². The summed E-state index contributed by atoms with van der Waals surface area (Å²) in [5.74, 6) is -0.0893. The quantitative estimate of drug-likeness (QED) is 0.536. The first-order chi connectivity index (χ1) is 11.2. The maximum absolute atomic E-state index is 12.6. The molecule has 3 rings (SSSR count). The third kappa shape index (κ3) is 2.85. The SMILES string of the molecule is CC1(C)OB(c2ccc(C(=O)c3ccccc3N)cc2)OC1(C)C. The minimum atomic E-state index is -0.430. The van der Waals surface area contributed by atoms with Gasteiger partial charge in [-0.1, -0.05) is 36.4 Å². The van der Waals surface area contributed by atoms with Crippen molar-refractivity contribution >= 4 is 24.1 Å². The van der Waals surface area contributed by atoms with E-state index in [4.69, 9.17) is 15.0 Å². The van der Waals surface area contributed by atoms with Crippen LogP contribution in [0.25, 0.3) is 0 Å². The minimum Gasteiger partial charge on any atom is -0.399 e. The lowest BCUT2D eigenvalue weighted by atomic mass is 9.78. The number of hydrogen-bond acceptors (Lipinski definition) is 4. The van der Waals surface area contributed by atoms with Gasteiger partial charge in [-0.25, -0.2) is 0 Å². The molecule has 0 amide bonds. The van der Waals surface area contributed by atoms with Crippen LogP contribution in [0.2, 0.25) is 0 Å². The van der Waals surface area contributed by atoms with Crippen molar-refractivity contribution in [2.45, 2.75) is 38.9 Å². The molecule has 0 spiro atoms. The average Bonchev–Trinajstić information content (AvgIpc) is 2.75. The number of hydrogen-bond donors (Lipinski definition) is 1. The van der Waals surface area contributed by atoms with Gasteiger partial charge in [0.15, 0.2) is 5.78 Å². The number of rotatable bonds is 3. The first-order valence-electron chi connectivity index (χ1n) is 8.06. The van der Waals surface area contributed by atoms with E-state index in [2.05, 4.69) is 0 Å². The van der Waals surface area contributed by atoms with Crippen molar-refractivity contribution in [1.29, 1.82) is 0 Å². The van der Waals surface area contributed by atoms with Crippen LogP contribution in [0.1, 0.15) is 43.6 Å². The maximum Gasteiger partial charge on any atom is 0.494 e. The number of anilines is 1. The van der Waals surface area contributed by atoms with Crippen molar-refractivity contribution in [2.24, 2.45) is 0 Å². The van der Waals surface area contributed by atoms with E-state index in [9.17, 15) is 4.79 Å². The van der Waals surface area contributed by atoms with Crippen LogP contribution in [-0.4, -0.2) is 24.1 Å². The summed E-state index contributed by atoms with van der Waals surface area (Å²) < 4.78 is 12.1. The number of nitrogens with two attached hydrogens (primary N) is 1. The Morgan fingerprint density at radius 3 is 2.00 bits per heavy atom. The van der Waals surface area contributed by atoms with Gasteiger partial charge in [-0.05, 0) is 45.3 Å². The lowest BCUT2D eigenvalue weighted by Gasteiger charge is -2.32. The fraction of sp³-hybridized carbons (Fsp3) is 0.316. The van der Waals surface area contributed by atoms with Crippen molar-refractivity contribution in [3.8, 4) is 0 Å². The standard InChI is InChI=1S/C19H22BNO3/c1-18(2)19(3,4)24-20(23-18)14-11-9-13(10-12-14)17(22)15-7-5-6-8-16(15)21/h5-12H,21H2,1-4H3. The molecule has 1 heterocycles. The highest BCUT2D eigenvalue weighted by atomic mass is 16.7. The molecule has 2 aromatic carbocycles. The summed E-state index contributed by atoms with van der Waals surface area (Å²) in [6.07, 6.45) is 0. The molecule has 1 aliphatic heterocycles. The molecule has 0 aliphatic carbocycles. The molecular formula is C19H22BNO3. The maximum atomic E-state index is 12.6. The van der Waals surface area contributed by atoms with Crippen molar-refractivity contribution in [3.05, 3.63) is 59.7 Å². The molecule has 1 aliphatic rings. The van der Waals surface area contributed by atoms with Crippen molar-refractivity contribution in [3.63, 3.8) is 0 Å². The van der Waals surface area contributed by atoms with Crippen LogP contribution in [0, 0.1) is 0 Å². The first-order valence-corrected chi connectivity index (χ1v) is 8.06. The second kappa shape index (κ2) is 5.76. The molecular weight excluding hydrogens is 301 g/mol. The zero-order valence-electron chi connectivity index (χ0n) is 14.5. The van der Waals surface area contributed by atoms with E-state index in [-0.39, 0.29) is 17.0 Å². The Morgan fingerprint density at radius 1 is 0.917 bits per heavy atom. The highest BCUT2D eigenvalue weighted by Gasteiger charge is 2.51. The van der Waals surface area contributed by atoms with E-state index in [1.54, 1.807) is 24.3 Å². The van der Waals surface area contributed by atoms with Crippen molar-refractivity contribution < 1.29 is 14.1 Å². The molecule has 1 fully saturated rings. The van der Waals surface area contributed by atoms with Crippen LogP contribution < -0.4 is 11.2 Å². The van der Waals surface area contributed by atoms with E-state index in [0.29, 0.717) is 16.8 Å². The summed E-state index contributed by atoms with van der Waals surface area (Å²) in [5.41, 5.74) is 7.60. The molecule has 5 heteroatoms. The number of carbonyl (C=O) groups excluding carboxylic acids is 1. The second-order valence-corrected chi connectivity index (χ2v) is 7.13. The highest BCUT2D eigenvalue weighted by Crippen LogP contribution is 2.36. The number of ketones is 1. The van der Waals surface area contributed by atoms with Crippen LogP contribution in [-0.2, 0) is 9.31 Å². The molecule has 0 radical (unpaired) electrons. The predicted molar refractivity (Wildman–Crippen MR) is 96.4 cm³/mol. The molecule has 0 unspecified atom stereocenters. The predicted octanol–water partition coefficient (Wildman–Crippen LogP) is 2.80. The zero-order chi connectivity index (χ0) is 17.5. The van der Waals surface area contributed by atoms with Gasteiger partial charge in [0.2, 0.25) is 0 Å². The van der Waals surface area contributed by atoms with Gasteiger partial charge in [-0.3, -0.25) is 4.79 Å². The first kappa shape index (κ1) is 16.7. The van der Waals surface area contributed by atoms with Gasteiger partial charge in [0.1, 0.15) is 0 Å². The van der Waals surface area contributed by atoms with Crippen molar-refractivity contribution in [1.82, 2.24) is 0 Å². The average molecular weight is 323 g/mol. The number of nitrogen functional groups attached to an aromatic ring is 1. The van der Waals surface area contributed by atoms with Gasteiger partial charge in [-0.2, -0.15) is 0 Å². The monoisotopic (exact) mass is 323 g/mol. The summed E-state index contributed by atoms with van der Waals surface area (Å²) in [5, 5.41) is 0. The Morgan fingerprint density at radius 2 is 1.46 bits per heavy atom. The summed E-state index contributed by atoms with van der Waals surface area (Å²) in [7, 11) is -0.430. The summed E-state index contributed by atoms with van der Waals surface area (Å²) in [6.45, 7) is 8.07. The summed E-state index contributed by atoms with van der Waals surface area (Å²) in [6, 6.07) is 14.4. The Bertz CT molecular complexity index is 752. The topological polar surface area (TPSA) is 61.5 Å². The number of carbonyl (C=O) groups is 1. The largest absolute Gasteiger partial charge is 0.494 e. The van der Waals surface area contributed by atoms with E-state index in [1.165, 1.54) is 0 Å². The third-order valence-electron chi connectivity index (χ3n) is 4.90. The van der Waals surface area contributed by atoms with Crippen LogP contribution in [0.5, 0.6) is 0 Å². The smallest absolute Gasteiger partial charge is 0.399 e. The molecule has 0 bridgehead atoms. The molecule has 2 aromatic rings. The summed E-state index contributed by atoms with van der Waals surface area (Å²) >= 11 is 0. The Kier molecular flexibility index (Phi) is 4.02. The molecule has 0 atom stereocenters. The normalized spacial score (nSPS) is 18.6. The van der Waals surface area contributed by atoms with E-state index >= 15 is 0 Å². The molecule has 0 saturated carbocycles. The molecule has 124 valence electrons. The minimum absolute atomic E-state index is 0.0893. The molecule has 2 N–H and O–H groups in total. The zero-order valence-corrected chi connectivity index (χ0v) is 14.5. The fourth-order valence-corrected chi connectivity index (χ4v) is 2.63. The lowest BCUT2D eigenvalue weighted by Crippen LogP contribution is -2.41. The Hall–Kier alpha value is -2.11. The van der Waals surface area contributed by atoms with E-state index in [1.807, 2.05) is 52.0 Å². The van der Waals surface area contributed by atoms with Crippen LogP contribution in [0.3, 0.4) is 0 Å². The van der Waals surface area contributed by atoms with Crippen LogP contribution >= 0.6 is 0 Å². The number of para-hydroxylation sites is 1. The molecule has 1 saturated heterocycles. The van der Waals surface area contributed by atoms with Gasteiger partial charge >= 0.3 is 7.12 Å². The van der Waals surface area contributed by atoms with E-state index < -0.39 is 7.12 Å². The molecule has 0 aromatic heterocycles. The fourth-order valence-electron chi connectivity index (χ4n) is 2.63. The second-order valence-electron chi connectivity index (χ2n) is 7.13. The van der Waals surface area contributed by atoms with Gasteiger partial charge < -0.3 is 15.0 Å². The van der Waals surface area contributed by atoms with Gasteiger partial charge in [0.25, 0.3) is 0 Å². The Balaban J connectivity index is 1.82. The third-order valence-corrected chi connectivity index (χ3v) is 4.90. The summed E-state index contributed by atoms with van der Waals surface area (Å²) in [4.78, 5) is 12.6. The molecule has 24 heavy (non-hydrogen) atoms. The highest BCUT2D eigenvalue weighted by molar-refractivity contribution is 6.62. The van der Waals surface area contributed by atoms with E-state index in [0.717, 1.165) is 5.46 Å². The number of benzene rings is 2. The van der Waals surface area contributed by atoms with Gasteiger partial charge in [-0.15, -0.1) is 0 Å². The molecule has 4 nitrogen and oxygen atoms in total. The lowest BCUT2D eigenvalue weighted by molar-refractivity contribution is 0.00578. The van der Waals surface area contributed by atoms with Crippen molar-refractivity contribution in [2.75, 3.05) is 5.73 Å². The Labute approximate surface area is 143 Å².